The van der Waals surface area contributed by atoms with E-state index in [1.165, 1.54) is 5.56 Å². The van der Waals surface area contributed by atoms with Gasteiger partial charge in [0.05, 0.1) is 0 Å². The van der Waals surface area contributed by atoms with Crippen molar-refractivity contribution in [3.63, 3.8) is 0 Å². The van der Waals surface area contributed by atoms with E-state index in [2.05, 4.69) is 59.4 Å². The minimum atomic E-state index is 0.539. The molecule has 5 heteroatoms. The summed E-state index contributed by atoms with van der Waals surface area (Å²) in [5, 5.41) is 3.28. The third kappa shape index (κ3) is 4.39. The number of aromatic nitrogens is 3. The fourth-order valence-electron chi connectivity index (χ4n) is 2.29. The highest BCUT2D eigenvalue weighted by Crippen LogP contribution is 2.20. The monoisotopic (exact) mass is 309 g/mol. The summed E-state index contributed by atoms with van der Waals surface area (Å²) in [5.74, 6) is 1.82. The molecule has 0 saturated carbocycles. The molecule has 2 rings (SSSR count). The lowest BCUT2D eigenvalue weighted by atomic mass is 10.1. The zero-order chi connectivity index (χ0) is 16.8. The molecule has 0 fully saturated rings. The van der Waals surface area contributed by atoms with Crippen molar-refractivity contribution < 1.29 is 0 Å². The van der Waals surface area contributed by atoms with Gasteiger partial charge < -0.3 is 10.2 Å². The second kappa shape index (κ2) is 7.54. The number of benzene rings is 1. The van der Waals surface area contributed by atoms with Gasteiger partial charge in [0.15, 0.2) is 0 Å². The van der Waals surface area contributed by atoms with E-state index in [-0.39, 0.29) is 0 Å². The third-order valence-corrected chi connectivity index (χ3v) is 3.35. The van der Waals surface area contributed by atoms with Gasteiger partial charge in [-0.05, 0) is 32.4 Å². The molecule has 1 N–H and O–H groups in total. The highest BCUT2D eigenvalue weighted by Gasteiger charge is 2.11. The van der Waals surface area contributed by atoms with Crippen LogP contribution in [-0.4, -0.2) is 28.0 Å². The lowest BCUT2D eigenvalue weighted by molar-refractivity contribution is 0.857. The average Bonchev–Trinajstić information content (AvgIpc) is 2.49. The SMILES string of the molecule is C=CCN(CC=C)c1nc(C)nc(Nc2ccc(C)cc2C)n1. The molecule has 0 aliphatic carbocycles. The predicted molar refractivity (Wildman–Crippen MR) is 96.4 cm³/mol. The maximum atomic E-state index is 4.53. The van der Waals surface area contributed by atoms with Gasteiger partial charge in [-0.3, -0.25) is 0 Å². The standard InChI is InChI=1S/C18H23N5/c1-6-10-23(11-7-2)18-20-15(5)19-17(22-18)21-16-9-8-13(3)12-14(16)4/h6-9,12H,1-2,10-11H2,3-5H3,(H,19,20,21,22). The highest BCUT2D eigenvalue weighted by atomic mass is 15.3. The van der Waals surface area contributed by atoms with Crippen molar-refractivity contribution in [2.45, 2.75) is 20.8 Å². The van der Waals surface area contributed by atoms with Gasteiger partial charge in [0, 0.05) is 18.8 Å². The van der Waals surface area contributed by atoms with Crippen LogP contribution >= 0.6 is 0 Å². The summed E-state index contributed by atoms with van der Waals surface area (Å²) in [6.45, 7) is 14.9. The number of hydrogen-bond acceptors (Lipinski definition) is 5. The maximum Gasteiger partial charge on any atom is 0.232 e. The number of hydrogen-bond donors (Lipinski definition) is 1. The first-order chi connectivity index (χ1) is 11.0. The molecule has 120 valence electrons. The number of anilines is 3. The van der Waals surface area contributed by atoms with E-state index >= 15 is 0 Å². The van der Waals surface area contributed by atoms with Crippen molar-refractivity contribution in [1.82, 2.24) is 15.0 Å². The van der Waals surface area contributed by atoms with Crippen LogP contribution in [0.5, 0.6) is 0 Å². The molecule has 0 atom stereocenters. The Labute approximate surface area is 137 Å². The van der Waals surface area contributed by atoms with Crippen LogP contribution in [0, 0.1) is 20.8 Å². The van der Waals surface area contributed by atoms with Crippen LogP contribution in [0.25, 0.3) is 0 Å². The van der Waals surface area contributed by atoms with E-state index in [9.17, 15) is 0 Å². The van der Waals surface area contributed by atoms with Gasteiger partial charge in [0.1, 0.15) is 5.82 Å². The van der Waals surface area contributed by atoms with Crippen molar-refractivity contribution in [3.8, 4) is 0 Å². The fraction of sp³-hybridized carbons (Fsp3) is 0.278. The Kier molecular flexibility index (Phi) is 5.46. The Bertz CT molecular complexity index is 699. The summed E-state index contributed by atoms with van der Waals surface area (Å²) in [5.41, 5.74) is 3.37. The first-order valence-electron chi connectivity index (χ1n) is 7.57. The molecule has 23 heavy (non-hydrogen) atoms. The molecule has 1 aromatic carbocycles. The summed E-state index contributed by atoms with van der Waals surface area (Å²) in [4.78, 5) is 15.3. The van der Waals surface area contributed by atoms with Gasteiger partial charge in [-0.2, -0.15) is 15.0 Å². The molecule has 0 saturated heterocycles. The Hall–Kier alpha value is -2.69. The lowest BCUT2D eigenvalue weighted by Gasteiger charge is -2.20. The molecule has 1 aromatic heterocycles. The van der Waals surface area contributed by atoms with Crippen molar-refractivity contribution in [3.05, 3.63) is 60.5 Å². The highest BCUT2D eigenvalue weighted by molar-refractivity contribution is 5.59. The van der Waals surface area contributed by atoms with E-state index < -0.39 is 0 Å². The molecule has 0 bridgehead atoms. The van der Waals surface area contributed by atoms with Crippen LogP contribution < -0.4 is 10.2 Å². The smallest absolute Gasteiger partial charge is 0.232 e. The second-order valence-corrected chi connectivity index (χ2v) is 5.43. The van der Waals surface area contributed by atoms with E-state index in [4.69, 9.17) is 0 Å². The van der Waals surface area contributed by atoms with Crippen LogP contribution in [0.1, 0.15) is 17.0 Å². The molecule has 0 aliphatic heterocycles. The first-order valence-corrected chi connectivity index (χ1v) is 7.57. The average molecular weight is 309 g/mol. The predicted octanol–water partition coefficient (Wildman–Crippen LogP) is 3.72. The largest absolute Gasteiger partial charge is 0.333 e. The van der Waals surface area contributed by atoms with E-state index in [1.807, 2.05) is 30.0 Å². The molecular formula is C18H23N5. The Morgan fingerprint density at radius 2 is 1.74 bits per heavy atom. The van der Waals surface area contributed by atoms with E-state index in [1.54, 1.807) is 0 Å². The molecule has 5 nitrogen and oxygen atoms in total. The zero-order valence-electron chi connectivity index (χ0n) is 14.0. The summed E-state index contributed by atoms with van der Waals surface area (Å²) < 4.78 is 0. The molecule has 0 amide bonds. The Morgan fingerprint density at radius 3 is 2.35 bits per heavy atom. The van der Waals surface area contributed by atoms with Gasteiger partial charge in [-0.1, -0.05) is 29.8 Å². The molecule has 1 heterocycles. The van der Waals surface area contributed by atoms with Gasteiger partial charge in [-0.15, -0.1) is 13.2 Å². The van der Waals surface area contributed by atoms with E-state index in [0.717, 1.165) is 11.3 Å². The van der Waals surface area contributed by atoms with Gasteiger partial charge in [-0.25, -0.2) is 0 Å². The third-order valence-electron chi connectivity index (χ3n) is 3.35. The summed E-state index contributed by atoms with van der Waals surface area (Å²) in [7, 11) is 0. The Morgan fingerprint density at radius 1 is 1.04 bits per heavy atom. The van der Waals surface area contributed by atoms with Crippen LogP contribution in [0.4, 0.5) is 17.6 Å². The number of nitrogens with zero attached hydrogens (tertiary/aromatic N) is 4. The number of aryl methyl sites for hydroxylation is 3. The molecule has 0 spiro atoms. The van der Waals surface area contributed by atoms with Crippen LogP contribution in [-0.2, 0) is 0 Å². The van der Waals surface area contributed by atoms with Gasteiger partial charge >= 0.3 is 0 Å². The van der Waals surface area contributed by atoms with Crippen molar-refractivity contribution in [2.24, 2.45) is 0 Å². The topological polar surface area (TPSA) is 53.9 Å². The molecule has 2 aromatic rings. The maximum absolute atomic E-state index is 4.53. The first kappa shape index (κ1) is 16.7. The normalized spacial score (nSPS) is 10.2. The Balaban J connectivity index is 2.32. The summed E-state index contributed by atoms with van der Waals surface area (Å²) >= 11 is 0. The minimum absolute atomic E-state index is 0.539. The lowest BCUT2D eigenvalue weighted by Crippen LogP contribution is -2.26. The van der Waals surface area contributed by atoms with Crippen LogP contribution in [0.3, 0.4) is 0 Å². The second-order valence-electron chi connectivity index (χ2n) is 5.43. The van der Waals surface area contributed by atoms with Crippen LogP contribution in [0.15, 0.2) is 43.5 Å². The number of nitrogens with one attached hydrogen (secondary N) is 1. The van der Waals surface area contributed by atoms with Crippen molar-refractivity contribution >= 4 is 17.6 Å². The number of rotatable bonds is 7. The van der Waals surface area contributed by atoms with Gasteiger partial charge in [0.2, 0.25) is 11.9 Å². The molecule has 0 unspecified atom stereocenters. The van der Waals surface area contributed by atoms with Crippen LogP contribution in [0.2, 0.25) is 0 Å². The van der Waals surface area contributed by atoms with Crippen molar-refractivity contribution in [2.75, 3.05) is 23.3 Å². The minimum Gasteiger partial charge on any atom is -0.333 e. The molecule has 0 radical (unpaired) electrons. The van der Waals surface area contributed by atoms with Gasteiger partial charge in [0.25, 0.3) is 0 Å². The zero-order valence-corrected chi connectivity index (χ0v) is 14.0. The fourth-order valence-corrected chi connectivity index (χ4v) is 2.29. The van der Waals surface area contributed by atoms with E-state index in [0.29, 0.717) is 30.8 Å². The summed E-state index contributed by atoms with van der Waals surface area (Å²) in [6, 6.07) is 6.22. The molecule has 0 aliphatic rings. The summed E-state index contributed by atoms with van der Waals surface area (Å²) in [6.07, 6.45) is 3.64. The quantitative estimate of drug-likeness (QED) is 0.790. The van der Waals surface area contributed by atoms with Crippen molar-refractivity contribution in [1.29, 1.82) is 0 Å². The molecular weight excluding hydrogens is 286 g/mol.